The molecular weight excluding hydrogens is 382 g/mol. The highest BCUT2D eigenvalue weighted by atomic mass is 35.5. The second-order valence-electron chi connectivity index (χ2n) is 5.34. The fraction of sp³-hybridized carbons (Fsp3) is 0.375. The van der Waals surface area contributed by atoms with Crippen LogP contribution in [0.2, 0.25) is 0 Å². The molecule has 0 aliphatic rings. The maximum atomic E-state index is 11.7. The van der Waals surface area contributed by atoms with E-state index < -0.39 is 10.0 Å². The highest BCUT2D eigenvalue weighted by Crippen LogP contribution is 2.17. The Labute approximate surface area is 158 Å². The van der Waals surface area contributed by atoms with Crippen molar-refractivity contribution < 1.29 is 13.2 Å². The summed E-state index contributed by atoms with van der Waals surface area (Å²) < 4.78 is 27.4. The number of Topliss-reactive ketones (excluding diaryl/α,β-unsaturated/α-hetero) is 1. The summed E-state index contributed by atoms with van der Waals surface area (Å²) in [7, 11) is -1.89. The number of hydrogen-bond donors (Lipinski definition) is 1. The van der Waals surface area contributed by atoms with E-state index in [1.165, 1.54) is 18.4 Å². The number of aromatic nitrogens is 1. The second kappa shape index (κ2) is 8.75. The van der Waals surface area contributed by atoms with Crippen molar-refractivity contribution in [2.24, 2.45) is 4.99 Å². The monoisotopic (exact) mass is 403 g/mol. The number of thiazole rings is 1. The minimum atomic E-state index is -3.29. The lowest BCUT2D eigenvalue weighted by molar-refractivity contribution is 0.102. The zero-order valence-corrected chi connectivity index (χ0v) is 17.0. The van der Waals surface area contributed by atoms with Gasteiger partial charge in [0.05, 0.1) is 16.3 Å². The molecule has 9 heteroatoms. The third-order valence-corrected chi connectivity index (χ3v) is 6.24. The van der Waals surface area contributed by atoms with Gasteiger partial charge in [0.2, 0.25) is 10.0 Å². The summed E-state index contributed by atoms with van der Waals surface area (Å²) in [5.41, 5.74) is 2.34. The van der Waals surface area contributed by atoms with Gasteiger partial charge in [0.15, 0.2) is 10.6 Å². The first-order chi connectivity index (χ1) is 11.3. The number of carbonyl (C=O) groups excluding carboxylic acids is 1. The molecule has 0 amide bonds. The van der Waals surface area contributed by atoms with Gasteiger partial charge in [-0.25, -0.2) is 18.1 Å². The third-order valence-electron chi connectivity index (χ3n) is 3.62. The predicted molar refractivity (Wildman–Crippen MR) is 103 cm³/mol. The van der Waals surface area contributed by atoms with Crippen LogP contribution in [0, 0.1) is 6.92 Å². The van der Waals surface area contributed by atoms with Crippen molar-refractivity contribution in [3.63, 3.8) is 0 Å². The molecule has 0 bridgehead atoms. The van der Waals surface area contributed by atoms with Crippen molar-refractivity contribution in [3.05, 3.63) is 45.2 Å². The molecule has 25 heavy (non-hydrogen) atoms. The molecule has 0 fully saturated rings. The topological polar surface area (TPSA) is 80.5 Å². The fourth-order valence-corrected chi connectivity index (χ4v) is 4.22. The van der Waals surface area contributed by atoms with Gasteiger partial charge in [-0.15, -0.1) is 12.4 Å². The Bertz CT molecular complexity index is 913. The normalized spacial score (nSPS) is 12.1. The molecule has 0 radical (unpaired) electrons. The molecule has 0 spiro atoms. The van der Waals surface area contributed by atoms with Crippen LogP contribution >= 0.6 is 23.7 Å². The first-order valence-corrected chi connectivity index (χ1v) is 10.00. The van der Waals surface area contributed by atoms with Crippen LogP contribution in [0.5, 0.6) is 0 Å². The molecule has 1 aromatic heterocycles. The van der Waals surface area contributed by atoms with Crippen LogP contribution < -0.4 is 9.52 Å². The molecule has 0 aliphatic heterocycles. The first-order valence-electron chi connectivity index (χ1n) is 7.53. The van der Waals surface area contributed by atoms with Gasteiger partial charge < -0.3 is 4.57 Å². The molecule has 0 saturated carbocycles. The molecule has 2 rings (SSSR count). The van der Waals surface area contributed by atoms with E-state index in [-0.39, 0.29) is 23.9 Å². The van der Waals surface area contributed by atoms with Gasteiger partial charge in [0.25, 0.3) is 0 Å². The van der Waals surface area contributed by atoms with Crippen molar-refractivity contribution in [2.45, 2.75) is 33.1 Å². The molecule has 138 valence electrons. The van der Waals surface area contributed by atoms with E-state index in [0.29, 0.717) is 10.4 Å². The van der Waals surface area contributed by atoms with Crippen molar-refractivity contribution in [2.75, 3.05) is 7.05 Å². The number of nitrogens with zero attached hydrogens (tertiary/aromatic N) is 2. The summed E-state index contributed by atoms with van der Waals surface area (Å²) in [5, 5.41) is 0. The van der Waals surface area contributed by atoms with E-state index in [1.807, 2.05) is 18.4 Å². The fourth-order valence-electron chi connectivity index (χ4n) is 2.34. The summed E-state index contributed by atoms with van der Waals surface area (Å²) in [6.07, 6.45) is 0. The van der Waals surface area contributed by atoms with Gasteiger partial charge in [-0.1, -0.05) is 23.5 Å². The third kappa shape index (κ3) is 5.24. The molecule has 2 aromatic rings. The van der Waals surface area contributed by atoms with E-state index in [0.717, 1.165) is 22.7 Å². The number of ketones is 1. The van der Waals surface area contributed by atoms with Crippen LogP contribution in [-0.4, -0.2) is 25.8 Å². The van der Waals surface area contributed by atoms with E-state index in [9.17, 15) is 13.2 Å². The van der Waals surface area contributed by atoms with Crippen LogP contribution in [0.25, 0.3) is 0 Å². The quantitative estimate of drug-likeness (QED) is 0.753. The predicted octanol–water partition coefficient (Wildman–Crippen LogP) is 2.78. The number of sulfonamides is 1. The largest absolute Gasteiger partial charge is 0.321 e. The SMILES string of the molecule is CCn1c(C)c(C(C)=O)sc1=Nc1ccc(CS(=O)(=O)NC)cc1.Cl. The number of hydrogen-bond acceptors (Lipinski definition) is 5. The average molecular weight is 404 g/mol. The standard InChI is InChI=1S/C16H21N3O3S2.ClH/c1-5-19-11(2)15(12(3)20)23-16(19)18-14-8-6-13(7-9-14)10-24(21,22)17-4;/h6-9,17H,5,10H2,1-4H3;1H. The Morgan fingerprint density at radius 2 is 1.88 bits per heavy atom. The average Bonchev–Trinajstić information content (AvgIpc) is 2.85. The number of nitrogens with one attached hydrogen (secondary N) is 1. The Hall–Kier alpha value is -1.48. The number of rotatable bonds is 6. The summed E-state index contributed by atoms with van der Waals surface area (Å²) in [6, 6.07) is 7.05. The lowest BCUT2D eigenvalue weighted by Crippen LogP contribution is -2.20. The lowest BCUT2D eigenvalue weighted by Gasteiger charge is -2.03. The van der Waals surface area contributed by atoms with Gasteiger partial charge in [0.1, 0.15) is 0 Å². The van der Waals surface area contributed by atoms with E-state index in [1.54, 1.807) is 31.2 Å². The highest BCUT2D eigenvalue weighted by Gasteiger charge is 2.12. The van der Waals surface area contributed by atoms with Gasteiger partial charge in [0, 0.05) is 19.2 Å². The minimum Gasteiger partial charge on any atom is -0.321 e. The molecule has 0 atom stereocenters. The van der Waals surface area contributed by atoms with E-state index >= 15 is 0 Å². The number of halogens is 1. The van der Waals surface area contributed by atoms with Crippen LogP contribution in [0.1, 0.15) is 34.8 Å². The molecule has 0 unspecified atom stereocenters. The van der Waals surface area contributed by atoms with Gasteiger partial charge >= 0.3 is 0 Å². The molecule has 0 saturated heterocycles. The molecule has 6 nitrogen and oxygen atoms in total. The van der Waals surface area contributed by atoms with Crippen LogP contribution in [0.15, 0.2) is 29.3 Å². The summed E-state index contributed by atoms with van der Waals surface area (Å²) in [6.45, 7) is 6.21. The first kappa shape index (κ1) is 21.6. The van der Waals surface area contributed by atoms with Gasteiger partial charge in [-0.3, -0.25) is 4.79 Å². The van der Waals surface area contributed by atoms with Gasteiger partial charge in [-0.2, -0.15) is 0 Å². The second-order valence-corrected chi connectivity index (χ2v) is 8.25. The Morgan fingerprint density at radius 1 is 1.28 bits per heavy atom. The minimum absolute atomic E-state index is 0. The summed E-state index contributed by atoms with van der Waals surface area (Å²) in [4.78, 5) is 17.8. The number of benzene rings is 1. The maximum absolute atomic E-state index is 11.7. The maximum Gasteiger partial charge on any atom is 0.215 e. The van der Waals surface area contributed by atoms with Crippen molar-refractivity contribution >= 4 is 45.2 Å². The molecular formula is C16H22ClN3O3S2. The van der Waals surface area contributed by atoms with Crippen molar-refractivity contribution in [1.29, 1.82) is 0 Å². The molecule has 1 N–H and O–H groups in total. The van der Waals surface area contributed by atoms with Crippen molar-refractivity contribution in [3.8, 4) is 0 Å². The van der Waals surface area contributed by atoms with Crippen LogP contribution in [-0.2, 0) is 22.3 Å². The number of carbonyl (C=O) groups is 1. The molecule has 1 aromatic carbocycles. The summed E-state index contributed by atoms with van der Waals surface area (Å²) >= 11 is 1.37. The lowest BCUT2D eigenvalue weighted by atomic mass is 10.2. The molecule has 0 aliphatic carbocycles. The van der Waals surface area contributed by atoms with Gasteiger partial charge in [-0.05, 0) is 38.6 Å². The van der Waals surface area contributed by atoms with E-state index in [2.05, 4.69) is 9.71 Å². The van der Waals surface area contributed by atoms with Crippen molar-refractivity contribution in [1.82, 2.24) is 9.29 Å². The Kier molecular flexibility index (Phi) is 7.55. The highest BCUT2D eigenvalue weighted by molar-refractivity contribution is 7.88. The van der Waals surface area contributed by atoms with E-state index in [4.69, 9.17) is 0 Å². The zero-order chi connectivity index (χ0) is 17.9. The smallest absolute Gasteiger partial charge is 0.215 e. The Morgan fingerprint density at radius 3 is 2.36 bits per heavy atom. The zero-order valence-electron chi connectivity index (χ0n) is 14.6. The Balaban J connectivity index is 0.00000312. The summed E-state index contributed by atoms with van der Waals surface area (Å²) in [5.74, 6) is -0.0283. The molecule has 1 heterocycles. The van der Waals surface area contributed by atoms with Crippen LogP contribution in [0.4, 0.5) is 5.69 Å². The van der Waals surface area contributed by atoms with Crippen LogP contribution in [0.3, 0.4) is 0 Å².